The molecule has 36 heavy (non-hydrogen) atoms. The zero-order chi connectivity index (χ0) is 27.2. The number of benzene rings is 2. The highest BCUT2D eigenvalue weighted by atomic mass is 35.5. The van der Waals surface area contributed by atoms with E-state index < -0.39 is 28.5 Å². The van der Waals surface area contributed by atoms with Crippen molar-refractivity contribution in [3.63, 3.8) is 0 Å². The molecular formula is C24H29Cl4N3O4S. The molecule has 12 heteroatoms. The normalized spacial score (nSPS) is 13.1. The first-order valence-corrected chi connectivity index (χ1v) is 14.6. The van der Waals surface area contributed by atoms with E-state index in [1.807, 2.05) is 13.8 Å². The minimum Gasteiger partial charge on any atom is -0.352 e. The van der Waals surface area contributed by atoms with Crippen molar-refractivity contribution in [2.75, 3.05) is 17.1 Å². The molecule has 0 aliphatic heterocycles. The number of carbonyl (C=O) groups excluding carboxylic acids is 2. The molecule has 0 aromatic heterocycles. The molecule has 0 aliphatic carbocycles. The van der Waals surface area contributed by atoms with Gasteiger partial charge in [0.1, 0.15) is 12.6 Å². The Kier molecular flexibility index (Phi) is 11.2. The van der Waals surface area contributed by atoms with Gasteiger partial charge in [-0.25, -0.2) is 8.42 Å². The Hall–Kier alpha value is -1.71. The van der Waals surface area contributed by atoms with Crippen LogP contribution in [0.5, 0.6) is 0 Å². The summed E-state index contributed by atoms with van der Waals surface area (Å²) in [5.41, 5.74) is 0.489. The highest BCUT2D eigenvalue weighted by molar-refractivity contribution is 7.92. The number of nitrogens with one attached hydrogen (secondary N) is 1. The zero-order valence-electron chi connectivity index (χ0n) is 20.4. The molecule has 2 amide bonds. The monoisotopic (exact) mass is 595 g/mol. The molecule has 2 unspecified atom stereocenters. The van der Waals surface area contributed by atoms with Crippen molar-refractivity contribution in [1.29, 1.82) is 0 Å². The summed E-state index contributed by atoms with van der Waals surface area (Å²) in [6, 6.07) is 8.38. The Morgan fingerprint density at radius 3 is 2.03 bits per heavy atom. The van der Waals surface area contributed by atoms with Gasteiger partial charge in [-0.2, -0.15) is 0 Å². The minimum absolute atomic E-state index is 0.0142. The molecule has 0 heterocycles. The third kappa shape index (κ3) is 7.65. The average Bonchev–Trinajstić information content (AvgIpc) is 2.80. The first-order chi connectivity index (χ1) is 16.8. The molecule has 0 bridgehead atoms. The van der Waals surface area contributed by atoms with Gasteiger partial charge in [0.25, 0.3) is 0 Å². The van der Waals surface area contributed by atoms with Crippen molar-refractivity contribution in [2.24, 2.45) is 0 Å². The molecule has 0 saturated carbocycles. The second-order valence-corrected chi connectivity index (χ2v) is 11.8. The predicted octanol–water partition coefficient (Wildman–Crippen LogP) is 5.79. The molecule has 0 radical (unpaired) electrons. The van der Waals surface area contributed by atoms with Crippen LogP contribution in [-0.4, -0.2) is 50.0 Å². The molecule has 0 fully saturated rings. The topological polar surface area (TPSA) is 86.8 Å². The molecule has 2 rings (SSSR count). The van der Waals surface area contributed by atoms with Gasteiger partial charge in [-0.3, -0.25) is 13.9 Å². The molecule has 2 aromatic carbocycles. The Bertz CT molecular complexity index is 1190. The first-order valence-electron chi connectivity index (χ1n) is 11.3. The number of amides is 2. The quantitative estimate of drug-likeness (QED) is 0.356. The lowest BCUT2D eigenvalue weighted by molar-refractivity contribution is -0.140. The maximum Gasteiger partial charge on any atom is 0.244 e. The van der Waals surface area contributed by atoms with Gasteiger partial charge in [0.05, 0.1) is 22.0 Å². The van der Waals surface area contributed by atoms with Gasteiger partial charge in [0, 0.05) is 28.2 Å². The van der Waals surface area contributed by atoms with Crippen LogP contribution in [0.2, 0.25) is 20.1 Å². The van der Waals surface area contributed by atoms with Crippen LogP contribution in [0.1, 0.15) is 39.2 Å². The summed E-state index contributed by atoms with van der Waals surface area (Å²) >= 11 is 25.1. The second-order valence-electron chi connectivity index (χ2n) is 8.31. The van der Waals surface area contributed by atoms with E-state index in [1.165, 1.54) is 23.1 Å². The first kappa shape index (κ1) is 30.5. The molecule has 0 saturated heterocycles. The average molecular weight is 597 g/mol. The van der Waals surface area contributed by atoms with Crippen molar-refractivity contribution >= 4 is 73.9 Å². The van der Waals surface area contributed by atoms with Crippen LogP contribution in [0.15, 0.2) is 36.4 Å². The van der Waals surface area contributed by atoms with E-state index in [1.54, 1.807) is 25.1 Å². The fourth-order valence-corrected chi connectivity index (χ4v) is 5.31. The zero-order valence-corrected chi connectivity index (χ0v) is 24.2. The highest BCUT2D eigenvalue weighted by Crippen LogP contribution is 2.34. The lowest BCUT2D eigenvalue weighted by atomic mass is 10.1. The lowest BCUT2D eigenvalue weighted by Crippen LogP contribution is -2.53. The summed E-state index contributed by atoms with van der Waals surface area (Å²) in [4.78, 5) is 28.2. The van der Waals surface area contributed by atoms with Crippen LogP contribution in [0, 0.1) is 0 Å². The standard InChI is InChI=1S/C24H29Cl4N3O4S/c1-5-15(3)29-24(33)20(6-2)30(13-16-17(25)9-7-10-18(16)26)22(32)14-31(36(4,34)35)21-12-8-11-19(27)23(21)28/h7-12,15,20H,5-6,13-14H2,1-4H3,(H,29,33). The number of nitrogens with zero attached hydrogens (tertiary/aromatic N) is 2. The maximum absolute atomic E-state index is 13.7. The van der Waals surface area contributed by atoms with Gasteiger partial charge >= 0.3 is 0 Å². The van der Waals surface area contributed by atoms with Crippen molar-refractivity contribution in [3.05, 3.63) is 62.1 Å². The van der Waals surface area contributed by atoms with Crippen molar-refractivity contribution < 1.29 is 18.0 Å². The second kappa shape index (κ2) is 13.2. The molecule has 0 spiro atoms. The van der Waals surface area contributed by atoms with Crippen LogP contribution < -0.4 is 9.62 Å². The Labute approximate surface area is 232 Å². The maximum atomic E-state index is 13.7. The number of anilines is 1. The van der Waals surface area contributed by atoms with E-state index in [4.69, 9.17) is 46.4 Å². The van der Waals surface area contributed by atoms with Crippen molar-refractivity contribution in [1.82, 2.24) is 10.2 Å². The van der Waals surface area contributed by atoms with Crippen LogP contribution in [0.4, 0.5) is 5.69 Å². The summed E-state index contributed by atoms with van der Waals surface area (Å²) < 4.78 is 26.3. The largest absolute Gasteiger partial charge is 0.352 e. The van der Waals surface area contributed by atoms with E-state index in [0.717, 1.165) is 10.6 Å². The number of hydrogen-bond donors (Lipinski definition) is 1. The molecule has 0 aliphatic rings. The van der Waals surface area contributed by atoms with Gasteiger partial charge in [-0.05, 0) is 44.0 Å². The highest BCUT2D eigenvalue weighted by Gasteiger charge is 2.33. The Balaban J connectivity index is 2.55. The van der Waals surface area contributed by atoms with E-state index in [0.29, 0.717) is 22.0 Å². The Morgan fingerprint density at radius 2 is 1.50 bits per heavy atom. The van der Waals surface area contributed by atoms with Crippen LogP contribution in [-0.2, 0) is 26.2 Å². The summed E-state index contributed by atoms with van der Waals surface area (Å²) in [6.07, 6.45) is 1.92. The third-order valence-electron chi connectivity index (χ3n) is 5.66. The molecule has 2 aromatic rings. The van der Waals surface area contributed by atoms with Crippen molar-refractivity contribution in [2.45, 2.75) is 52.2 Å². The molecule has 1 N–H and O–H groups in total. The smallest absolute Gasteiger partial charge is 0.244 e. The molecule has 2 atom stereocenters. The molecular weight excluding hydrogens is 568 g/mol. The van der Waals surface area contributed by atoms with Gasteiger partial charge in [0.2, 0.25) is 21.8 Å². The number of hydrogen-bond acceptors (Lipinski definition) is 4. The fourth-order valence-electron chi connectivity index (χ4n) is 3.49. The van der Waals surface area contributed by atoms with E-state index in [-0.39, 0.29) is 40.6 Å². The van der Waals surface area contributed by atoms with Crippen molar-refractivity contribution in [3.8, 4) is 0 Å². The van der Waals surface area contributed by atoms with Gasteiger partial charge in [0.15, 0.2) is 0 Å². The summed E-state index contributed by atoms with van der Waals surface area (Å²) in [6.45, 7) is 4.82. The van der Waals surface area contributed by atoms with Crippen LogP contribution in [0.3, 0.4) is 0 Å². The van der Waals surface area contributed by atoms with E-state index in [2.05, 4.69) is 5.32 Å². The van der Waals surface area contributed by atoms with E-state index in [9.17, 15) is 18.0 Å². The number of sulfonamides is 1. The molecule has 198 valence electrons. The summed E-state index contributed by atoms with van der Waals surface area (Å²) in [5, 5.41) is 3.64. The minimum atomic E-state index is -3.96. The SMILES string of the molecule is CCC(C)NC(=O)C(CC)N(Cc1c(Cl)cccc1Cl)C(=O)CN(c1cccc(Cl)c1Cl)S(C)(=O)=O. The van der Waals surface area contributed by atoms with Gasteiger partial charge in [-0.1, -0.05) is 72.4 Å². The third-order valence-corrected chi connectivity index (χ3v) is 8.30. The summed E-state index contributed by atoms with van der Waals surface area (Å²) in [7, 11) is -3.96. The number of halogens is 4. The number of rotatable bonds is 11. The lowest BCUT2D eigenvalue weighted by Gasteiger charge is -2.34. The number of carbonyl (C=O) groups is 2. The van der Waals surface area contributed by atoms with Crippen LogP contribution in [0.25, 0.3) is 0 Å². The van der Waals surface area contributed by atoms with Crippen LogP contribution >= 0.6 is 46.4 Å². The van der Waals surface area contributed by atoms with Gasteiger partial charge in [-0.15, -0.1) is 0 Å². The van der Waals surface area contributed by atoms with Gasteiger partial charge < -0.3 is 10.2 Å². The predicted molar refractivity (Wildman–Crippen MR) is 148 cm³/mol. The van der Waals surface area contributed by atoms with E-state index >= 15 is 0 Å². The summed E-state index contributed by atoms with van der Waals surface area (Å²) in [5.74, 6) is -1.01. The fraction of sp³-hybridized carbons (Fsp3) is 0.417. The Morgan fingerprint density at radius 1 is 0.944 bits per heavy atom. The molecule has 7 nitrogen and oxygen atoms in total.